The molecular formula is C66H62BN3. The molecule has 4 aliphatic heterocycles. The van der Waals surface area contributed by atoms with Crippen LogP contribution in [0.1, 0.15) is 101 Å². The lowest BCUT2D eigenvalue weighted by Crippen LogP contribution is -2.65. The number of rotatable bonds is 5. The molecule has 8 aromatic carbocycles. The van der Waals surface area contributed by atoms with Gasteiger partial charge in [0.15, 0.2) is 0 Å². The van der Waals surface area contributed by atoms with E-state index in [1.807, 2.05) is 0 Å². The fourth-order valence-corrected chi connectivity index (χ4v) is 15.6. The lowest BCUT2D eigenvalue weighted by molar-refractivity contribution is 0.193. The van der Waals surface area contributed by atoms with E-state index < -0.39 is 0 Å². The first-order valence-corrected chi connectivity index (χ1v) is 26.3. The zero-order valence-corrected chi connectivity index (χ0v) is 41.7. The van der Waals surface area contributed by atoms with Crippen LogP contribution in [-0.4, -0.2) is 17.8 Å². The minimum atomic E-state index is -0.123. The van der Waals surface area contributed by atoms with Crippen LogP contribution in [0.15, 0.2) is 170 Å². The smallest absolute Gasteiger partial charge is 0.252 e. The van der Waals surface area contributed by atoms with Crippen LogP contribution in [0.2, 0.25) is 0 Å². The van der Waals surface area contributed by atoms with Crippen LogP contribution < -0.4 is 31.1 Å². The summed E-state index contributed by atoms with van der Waals surface area (Å²) in [5, 5.41) is 0. The molecule has 4 heterocycles. The molecule has 8 aromatic rings. The number of nitrogens with zero attached hydrogens (tertiary/aromatic N) is 3. The average Bonchev–Trinajstić information content (AvgIpc) is 3.74. The van der Waals surface area contributed by atoms with Gasteiger partial charge in [-0.25, -0.2) is 0 Å². The molecule has 2 fully saturated rings. The Hall–Kier alpha value is -6.78. The van der Waals surface area contributed by atoms with Crippen LogP contribution in [0.5, 0.6) is 0 Å². The predicted molar refractivity (Wildman–Crippen MR) is 297 cm³/mol. The maximum absolute atomic E-state index is 2.95. The average molecular weight is 908 g/mol. The fraction of sp³-hybridized carbons (Fsp3) is 0.273. The highest BCUT2D eigenvalue weighted by molar-refractivity contribution is 7.00. The normalized spacial score (nSPS) is 24.4. The molecule has 0 aromatic heterocycles. The first kappa shape index (κ1) is 42.1. The van der Waals surface area contributed by atoms with Crippen molar-refractivity contribution < 1.29 is 0 Å². The summed E-state index contributed by atoms with van der Waals surface area (Å²) in [4.78, 5) is 8.46. The van der Waals surface area contributed by atoms with Crippen LogP contribution in [0.25, 0.3) is 33.4 Å². The highest BCUT2D eigenvalue weighted by Crippen LogP contribution is 2.65. The van der Waals surface area contributed by atoms with Gasteiger partial charge in [-0.2, -0.15) is 0 Å². The van der Waals surface area contributed by atoms with E-state index >= 15 is 0 Å². The van der Waals surface area contributed by atoms with Gasteiger partial charge in [0.05, 0.1) is 11.1 Å². The van der Waals surface area contributed by atoms with Crippen LogP contribution in [0.3, 0.4) is 0 Å². The number of aryl methyl sites for hydroxylation is 2. The third-order valence-electron chi connectivity index (χ3n) is 19.4. The molecule has 70 heavy (non-hydrogen) atoms. The van der Waals surface area contributed by atoms with E-state index in [2.05, 4.69) is 226 Å². The van der Waals surface area contributed by atoms with Crippen LogP contribution >= 0.6 is 0 Å². The summed E-state index contributed by atoms with van der Waals surface area (Å²) < 4.78 is 0. The Morgan fingerprint density at radius 1 is 0.400 bits per heavy atom. The lowest BCUT2D eigenvalue weighted by atomic mass is 9.32. The molecule has 2 aliphatic carbocycles. The molecule has 2 saturated carbocycles. The minimum absolute atomic E-state index is 0.00712. The molecule has 14 rings (SSSR count). The number of hydrogen-bond acceptors (Lipinski definition) is 3. The highest BCUT2D eigenvalue weighted by Gasteiger charge is 2.63. The van der Waals surface area contributed by atoms with Crippen molar-refractivity contribution in [3.05, 3.63) is 192 Å². The topological polar surface area (TPSA) is 9.72 Å². The lowest BCUT2D eigenvalue weighted by Gasteiger charge is -2.54. The molecule has 0 amide bonds. The molecule has 0 saturated heterocycles. The molecule has 0 spiro atoms. The highest BCUT2D eigenvalue weighted by atomic mass is 15.3. The number of fused-ring (bicyclic) bond motifs is 10. The first-order valence-electron chi connectivity index (χ1n) is 26.3. The van der Waals surface area contributed by atoms with Gasteiger partial charge in [0, 0.05) is 50.6 Å². The van der Waals surface area contributed by atoms with Gasteiger partial charge in [0.1, 0.15) is 0 Å². The zero-order valence-electron chi connectivity index (χ0n) is 41.7. The molecule has 4 unspecified atom stereocenters. The Balaban J connectivity index is 1.08. The van der Waals surface area contributed by atoms with Crippen molar-refractivity contribution >= 4 is 62.9 Å². The largest absolute Gasteiger partial charge is 0.335 e. The molecular weight excluding hydrogens is 846 g/mol. The monoisotopic (exact) mass is 908 g/mol. The van der Waals surface area contributed by atoms with Gasteiger partial charge in [-0.15, -0.1) is 0 Å². The van der Waals surface area contributed by atoms with Crippen LogP contribution in [0.4, 0.5) is 39.8 Å². The van der Waals surface area contributed by atoms with Crippen molar-refractivity contribution in [3.8, 4) is 33.4 Å². The van der Waals surface area contributed by atoms with Crippen molar-refractivity contribution in [1.29, 1.82) is 0 Å². The summed E-state index contributed by atoms with van der Waals surface area (Å²) in [6.07, 6.45) is 9.71. The standard InChI is InChI=1S/C66H62BN3/c1-43-38-44(2)60-62-59(43)64(4)35-17-19-37-66(64,6)70(62)58-42-52(69-55-32-28-49(46-22-12-8-13-23-46)39-53(55)63(3)34-16-18-36-65(63,69)5)41-57-61(58)67(60)54-40-50(47-24-14-9-15-25-47)29-33-56(54)68(57)51-30-26-48(27-31-51)45-20-10-7-11-21-45/h7-15,20-33,38-42H,16-19,34-37H2,1-6H3. The Labute approximate surface area is 415 Å². The van der Waals surface area contributed by atoms with Gasteiger partial charge in [0.2, 0.25) is 0 Å². The number of hydrogen-bond donors (Lipinski definition) is 0. The molecule has 6 aliphatic rings. The van der Waals surface area contributed by atoms with Gasteiger partial charge in [-0.3, -0.25) is 0 Å². The van der Waals surface area contributed by atoms with E-state index in [1.54, 1.807) is 5.56 Å². The summed E-state index contributed by atoms with van der Waals surface area (Å²) in [5.41, 5.74) is 27.0. The van der Waals surface area contributed by atoms with E-state index in [0.717, 1.165) is 6.42 Å². The second kappa shape index (κ2) is 14.9. The first-order chi connectivity index (χ1) is 34.0. The van der Waals surface area contributed by atoms with E-state index in [4.69, 9.17) is 0 Å². The Morgan fingerprint density at radius 3 is 1.56 bits per heavy atom. The molecule has 4 atom stereocenters. The summed E-state index contributed by atoms with van der Waals surface area (Å²) in [7, 11) is 0. The third-order valence-corrected chi connectivity index (χ3v) is 19.4. The second-order valence-electron chi connectivity index (χ2n) is 22.8. The van der Waals surface area contributed by atoms with Gasteiger partial charge in [-0.1, -0.05) is 172 Å². The van der Waals surface area contributed by atoms with E-state index in [1.165, 1.54) is 151 Å². The second-order valence-corrected chi connectivity index (χ2v) is 22.8. The summed E-state index contributed by atoms with van der Waals surface area (Å²) >= 11 is 0. The summed E-state index contributed by atoms with van der Waals surface area (Å²) in [6, 6.07) is 65.1. The molecule has 4 heteroatoms. The van der Waals surface area contributed by atoms with Gasteiger partial charge in [-0.05, 0) is 162 Å². The van der Waals surface area contributed by atoms with Crippen molar-refractivity contribution in [2.24, 2.45) is 0 Å². The molecule has 3 nitrogen and oxygen atoms in total. The minimum Gasteiger partial charge on any atom is -0.335 e. The van der Waals surface area contributed by atoms with E-state index in [9.17, 15) is 0 Å². The maximum atomic E-state index is 2.95. The SMILES string of the molecule is Cc1cc(C)c2c3c1B1c4cc(-c5ccccc5)ccc4N(c4ccc(-c5ccccc5)cc4)c4cc(N5c6ccc(-c7ccccc7)cc6C6(C)CCCCC56C)cc(c41)N3C1(C)CCCCC21C. The molecule has 0 radical (unpaired) electrons. The van der Waals surface area contributed by atoms with Crippen molar-refractivity contribution in [3.63, 3.8) is 0 Å². The van der Waals surface area contributed by atoms with E-state index in [0.29, 0.717) is 0 Å². The summed E-state index contributed by atoms with van der Waals surface area (Å²) in [6.45, 7) is 15.4. The Morgan fingerprint density at radius 2 is 0.914 bits per heavy atom. The van der Waals surface area contributed by atoms with Gasteiger partial charge < -0.3 is 14.7 Å². The zero-order chi connectivity index (χ0) is 47.3. The van der Waals surface area contributed by atoms with E-state index in [-0.39, 0.29) is 28.6 Å². The van der Waals surface area contributed by atoms with Crippen LogP contribution in [-0.2, 0) is 10.8 Å². The fourth-order valence-electron chi connectivity index (χ4n) is 15.6. The van der Waals surface area contributed by atoms with Crippen LogP contribution in [0, 0.1) is 13.8 Å². The van der Waals surface area contributed by atoms with Gasteiger partial charge >= 0.3 is 0 Å². The molecule has 344 valence electrons. The number of anilines is 7. The van der Waals surface area contributed by atoms with Crippen molar-refractivity contribution in [2.75, 3.05) is 14.7 Å². The molecule has 0 bridgehead atoms. The van der Waals surface area contributed by atoms with Gasteiger partial charge in [0.25, 0.3) is 6.71 Å². The quantitative estimate of drug-likeness (QED) is 0.159. The van der Waals surface area contributed by atoms with Crippen molar-refractivity contribution in [1.82, 2.24) is 0 Å². The molecule has 0 N–H and O–H groups in total. The number of benzene rings is 8. The predicted octanol–water partition coefficient (Wildman–Crippen LogP) is 15.4. The Bertz CT molecular complexity index is 3440. The third kappa shape index (κ3) is 5.48. The van der Waals surface area contributed by atoms with Crippen molar-refractivity contribution in [2.45, 2.75) is 115 Å². The maximum Gasteiger partial charge on any atom is 0.252 e. The summed E-state index contributed by atoms with van der Waals surface area (Å²) in [5.74, 6) is 0. The Kier molecular flexibility index (Phi) is 8.95.